The van der Waals surface area contributed by atoms with E-state index in [0.29, 0.717) is 13.0 Å². The van der Waals surface area contributed by atoms with Crippen LogP contribution in [-0.2, 0) is 25.6 Å². The molecule has 0 aromatic heterocycles. The molecule has 0 N–H and O–H groups in total. The maximum absolute atomic E-state index is 13.4. The summed E-state index contributed by atoms with van der Waals surface area (Å²) in [6.45, 7) is 8.48. The Morgan fingerprint density at radius 1 is 1.13 bits per heavy atom. The molecule has 0 radical (unpaired) electrons. The van der Waals surface area contributed by atoms with Crippen LogP contribution in [0.5, 0.6) is 0 Å². The van der Waals surface area contributed by atoms with E-state index in [1.54, 1.807) is 4.90 Å². The van der Waals surface area contributed by atoms with Crippen LogP contribution in [0.2, 0.25) is 0 Å². The molecular weight excluding hydrogens is 386 g/mol. The minimum absolute atomic E-state index is 0.105. The van der Waals surface area contributed by atoms with Crippen molar-refractivity contribution >= 4 is 17.9 Å². The number of methoxy groups -OCH3 is 1. The summed E-state index contributed by atoms with van der Waals surface area (Å²) < 4.78 is 4.92. The normalized spacial score (nSPS) is 24.5. The Hall–Kier alpha value is -2.61. The van der Waals surface area contributed by atoms with Crippen LogP contribution in [0.3, 0.4) is 0 Å². The summed E-state index contributed by atoms with van der Waals surface area (Å²) in [5, 5.41) is 1.13. The summed E-state index contributed by atoms with van der Waals surface area (Å²) in [6.07, 6.45) is -1.90. The minimum Gasteiger partial charge on any atom is -0.451 e. The molecule has 0 bridgehead atoms. The first-order valence-corrected chi connectivity index (χ1v) is 10.4. The maximum Gasteiger partial charge on any atom is 0.435 e. The average Bonchev–Trinajstić information content (AvgIpc) is 2.70. The second kappa shape index (κ2) is 9.04. The second-order valence-corrected chi connectivity index (χ2v) is 8.63. The van der Waals surface area contributed by atoms with Gasteiger partial charge in [-0.15, -0.1) is 0 Å². The van der Waals surface area contributed by atoms with E-state index in [4.69, 9.17) is 9.57 Å². The van der Waals surface area contributed by atoms with E-state index in [0.717, 1.165) is 10.6 Å². The molecular formula is C22H31N3O5. The lowest BCUT2D eigenvalue weighted by atomic mass is 9.96. The van der Waals surface area contributed by atoms with E-state index in [1.807, 2.05) is 58.0 Å². The number of amides is 3. The average molecular weight is 418 g/mol. The molecule has 1 unspecified atom stereocenters. The first-order chi connectivity index (χ1) is 14.2. The largest absolute Gasteiger partial charge is 0.451 e. The number of rotatable bonds is 5. The van der Waals surface area contributed by atoms with Crippen molar-refractivity contribution in [3.8, 4) is 0 Å². The van der Waals surface area contributed by atoms with E-state index in [9.17, 15) is 14.4 Å². The first kappa shape index (κ1) is 22.1. The quantitative estimate of drug-likeness (QED) is 0.734. The predicted molar refractivity (Wildman–Crippen MR) is 110 cm³/mol. The molecule has 2 aliphatic heterocycles. The molecule has 3 atom stereocenters. The summed E-state index contributed by atoms with van der Waals surface area (Å²) in [7, 11) is 1.28. The molecule has 164 valence electrons. The third-order valence-electron chi connectivity index (χ3n) is 5.45. The monoisotopic (exact) mass is 417 g/mol. The Labute approximate surface area is 177 Å². The lowest BCUT2D eigenvalue weighted by Crippen LogP contribution is -2.74. The van der Waals surface area contributed by atoms with Crippen molar-refractivity contribution in [1.29, 1.82) is 0 Å². The highest BCUT2D eigenvalue weighted by Crippen LogP contribution is 2.31. The van der Waals surface area contributed by atoms with Crippen LogP contribution in [0.4, 0.5) is 4.79 Å². The summed E-state index contributed by atoms with van der Waals surface area (Å²) >= 11 is 0. The van der Waals surface area contributed by atoms with Crippen LogP contribution in [0.15, 0.2) is 30.3 Å². The lowest BCUT2D eigenvalue weighted by molar-refractivity contribution is -0.272. The van der Waals surface area contributed by atoms with Crippen molar-refractivity contribution in [2.24, 2.45) is 11.8 Å². The number of fused-ring (bicyclic) bond motifs is 1. The van der Waals surface area contributed by atoms with Crippen molar-refractivity contribution in [2.45, 2.75) is 52.4 Å². The fourth-order valence-corrected chi connectivity index (χ4v) is 4.07. The molecule has 1 aromatic rings. The third-order valence-corrected chi connectivity index (χ3v) is 5.45. The number of hydrogen-bond donors (Lipinski definition) is 0. The van der Waals surface area contributed by atoms with Crippen LogP contribution < -0.4 is 0 Å². The number of hydrogen-bond acceptors (Lipinski definition) is 5. The van der Waals surface area contributed by atoms with Crippen molar-refractivity contribution in [3.63, 3.8) is 0 Å². The van der Waals surface area contributed by atoms with Crippen molar-refractivity contribution < 1.29 is 24.0 Å². The van der Waals surface area contributed by atoms with E-state index >= 15 is 0 Å². The molecule has 8 heteroatoms. The Morgan fingerprint density at radius 2 is 1.80 bits per heavy atom. The molecule has 2 aliphatic rings. The van der Waals surface area contributed by atoms with Crippen LogP contribution in [0.1, 0.15) is 33.3 Å². The van der Waals surface area contributed by atoms with Gasteiger partial charge in [0.2, 0.25) is 5.91 Å². The van der Waals surface area contributed by atoms with E-state index in [1.165, 1.54) is 12.0 Å². The van der Waals surface area contributed by atoms with E-state index < -0.39 is 24.4 Å². The molecule has 0 aliphatic carbocycles. The van der Waals surface area contributed by atoms with Gasteiger partial charge in [-0.1, -0.05) is 58.0 Å². The number of ether oxygens (including phenoxy) is 1. The number of nitrogens with zero attached hydrogens (tertiary/aromatic N) is 3. The van der Waals surface area contributed by atoms with Crippen LogP contribution in [0.25, 0.3) is 0 Å². The lowest BCUT2D eigenvalue weighted by Gasteiger charge is -2.53. The Bertz CT molecular complexity index is 782. The Morgan fingerprint density at radius 3 is 2.37 bits per heavy atom. The number of benzene rings is 1. The van der Waals surface area contributed by atoms with Gasteiger partial charge in [0.15, 0.2) is 12.3 Å². The molecule has 0 spiro atoms. The van der Waals surface area contributed by atoms with Gasteiger partial charge in [-0.3, -0.25) is 14.4 Å². The molecule has 2 heterocycles. The number of hydroxylamine groups is 2. The molecule has 2 fully saturated rings. The van der Waals surface area contributed by atoms with Crippen molar-refractivity contribution in [2.75, 3.05) is 20.2 Å². The Kier molecular flexibility index (Phi) is 6.65. The zero-order valence-corrected chi connectivity index (χ0v) is 18.3. The molecule has 3 rings (SSSR count). The van der Waals surface area contributed by atoms with E-state index in [2.05, 4.69) is 0 Å². The molecule has 30 heavy (non-hydrogen) atoms. The summed E-state index contributed by atoms with van der Waals surface area (Å²) in [5.41, 5.74) is 0.950. The van der Waals surface area contributed by atoms with Gasteiger partial charge in [0.1, 0.15) is 6.04 Å². The molecule has 2 saturated heterocycles. The van der Waals surface area contributed by atoms with Gasteiger partial charge in [0.05, 0.1) is 13.7 Å². The van der Waals surface area contributed by atoms with Crippen molar-refractivity contribution in [3.05, 3.63) is 35.9 Å². The molecule has 8 nitrogen and oxygen atoms in total. The Balaban J connectivity index is 2.03. The fourth-order valence-electron chi connectivity index (χ4n) is 4.07. The fraction of sp³-hybridized carbons (Fsp3) is 0.591. The molecule has 3 amide bonds. The van der Waals surface area contributed by atoms with E-state index in [-0.39, 0.29) is 30.2 Å². The van der Waals surface area contributed by atoms with Gasteiger partial charge in [0.25, 0.3) is 5.91 Å². The number of carbonyl (C=O) groups excluding carboxylic acids is 3. The zero-order chi connectivity index (χ0) is 22.0. The predicted octanol–water partition coefficient (Wildman–Crippen LogP) is 2.29. The standard InChI is InChI=1S/C22H31N3O5/c1-14(2)12-23-13-18-24(17(20(23)26)11-16-9-7-6-8-10-16)21(27)19(15(3)4)30-25(18)22(28)29-5/h6-10,14-15,17-19H,11-13H2,1-5H3/t17-,18?,19+/m0/s1. The minimum atomic E-state index is -0.858. The zero-order valence-electron chi connectivity index (χ0n) is 18.3. The molecule has 0 saturated carbocycles. The van der Waals surface area contributed by atoms with Gasteiger partial charge in [-0.25, -0.2) is 4.79 Å². The highest BCUT2D eigenvalue weighted by molar-refractivity contribution is 5.92. The highest BCUT2D eigenvalue weighted by atomic mass is 16.7. The first-order valence-electron chi connectivity index (χ1n) is 10.4. The second-order valence-electron chi connectivity index (χ2n) is 8.63. The van der Waals surface area contributed by atoms with Crippen LogP contribution in [-0.4, -0.2) is 71.3 Å². The summed E-state index contributed by atoms with van der Waals surface area (Å²) in [5.74, 6) is -0.306. The van der Waals surface area contributed by atoms with Gasteiger partial charge >= 0.3 is 6.09 Å². The summed E-state index contributed by atoms with van der Waals surface area (Å²) in [4.78, 5) is 48.4. The maximum atomic E-state index is 13.4. The number of carbonyl (C=O) groups is 3. The smallest absolute Gasteiger partial charge is 0.435 e. The van der Waals surface area contributed by atoms with Gasteiger partial charge in [-0.2, -0.15) is 5.06 Å². The van der Waals surface area contributed by atoms with Gasteiger partial charge in [0, 0.05) is 13.0 Å². The van der Waals surface area contributed by atoms with Crippen molar-refractivity contribution in [1.82, 2.24) is 14.9 Å². The van der Waals surface area contributed by atoms with Gasteiger partial charge < -0.3 is 14.5 Å². The topological polar surface area (TPSA) is 79.4 Å². The van der Waals surface area contributed by atoms with Crippen LogP contribution in [0, 0.1) is 11.8 Å². The highest BCUT2D eigenvalue weighted by Gasteiger charge is 2.53. The number of piperazine rings is 1. The molecule has 1 aromatic carbocycles. The SMILES string of the molecule is COC(=O)N1O[C@H](C(C)C)C(=O)N2C1CN(CC(C)C)C(=O)[C@@H]2Cc1ccccc1. The van der Waals surface area contributed by atoms with Crippen LogP contribution >= 0.6 is 0 Å². The van der Waals surface area contributed by atoms with Gasteiger partial charge in [-0.05, 0) is 17.4 Å². The summed E-state index contributed by atoms with van der Waals surface area (Å²) in [6, 6.07) is 8.89. The third kappa shape index (κ3) is 4.28.